The standard InChI is InChI=1S/C12H22N2OS/c1-2-11-9-14(6-7-16-11)12(15)10-4-3-5-13-8-10/h10-11,13H,2-9H2,1H3/t10-,11?/m1/s1. The molecule has 0 aromatic heterocycles. The molecule has 0 radical (unpaired) electrons. The lowest BCUT2D eigenvalue weighted by Crippen LogP contribution is -2.48. The zero-order chi connectivity index (χ0) is 11.4. The molecule has 2 atom stereocenters. The third-order valence-corrected chi connectivity index (χ3v) is 4.92. The fourth-order valence-corrected chi connectivity index (χ4v) is 3.67. The van der Waals surface area contributed by atoms with E-state index in [-0.39, 0.29) is 5.92 Å². The normalized spacial score (nSPS) is 31.4. The van der Waals surface area contributed by atoms with Gasteiger partial charge in [0.1, 0.15) is 0 Å². The van der Waals surface area contributed by atoms with Gasteiger partial charge in [-0.2, -0.15) is 11.8 Å². The Morgan fingerprint density at radius 2 is 2.44 bits per heavy atom. The van der Waals surface area contributed by atoms with Crippen molar-refractivity contribution in [2.45, 2.75) is 31.4 Å². The fraction of sp³-hybridized carbons (Fsp3) is 0.917. The smallest absolute Gasteiger partial charge is 0.227 e. The Morgan fingerprint density at radius 3 is 3.12 bits per heavy atom. The molecule has 0 spiro atoms. The molecule has 0 saturated carbocycles. The Labute approximate surface area is 102 Å². The number of rotatable bonds is 2. The van der Waals surface area contributed by atoms with Crippen LogP contribution in [0.4, 0.5) is 0 Å². The van der Waals surface area contributed by atoms with Crippen molar-refractivity contribution in [1.82, 2.24) is 10.2 Å². The molecule has 3 nitrogen and oxygen atoms in total. The average molecular weight is 242 g/mol. The first-order valence-electron chi connectivity index (χ1n) is 6.42. The molecule has 1 N–H and O–H groups in total. The van der Waals surface area contributed by atoms with E-state index in [0.29, 0.717) is 11.2 Å². The first-order chi connectivity index (χ1) is 7.81. The van der Waals surface area contributed by atoms with Crippen molar-refractivity contribution in [2.75, 3.05) is 31.9 Å². The third kappa shape index (κ3) is 2.92. The van der Waals surface area contributed by atoms with Gasteiger partial charge in [-0.15, -0.1) is 0 Å². The van der Waals surface area contributed by atoms with Gasteiger partial charge in [0.15, 0.2) is 0 Å². The summed E-state index contributed by atoms with van der Waals surface area (Å²) in [6.45, 7) is 6.11. The van der Waals surface area contributed by atoms with E-state index in [4.69, 9.17) is 0 Å². The van der Waals surface area contributed by atoms with Gasteiger partial charge in [0.25, 0.3) is 0 Å². The first kappa shape index (κ1) is 12.2. The highest BCUT2D eigenvalue weighted by Gasteiger charge is 2.29. The maximum atomic E-state index is 12.3. The number of carbonyl (C=O) groups excluding carboxylic acids is 1. The molecule has 2 heterocycles. The maximum absolute atomic E-state index is 12.3. The predicted octanol–water partition coefficient (Wildman–Crippen LogP) is 1.34. The summed E-state index contributed by atoms with van der Waals surface area (Å²) in [6.07, 6.45) is 3.40. The van der Waals surface area contributed by atoms with E-state index in [0.717, 1.165) is 44.8 Å². The maximum Gasteiger partial charge on any atom is 0.227 e. The second-order valence-electron chi connectivity index (χ2n) is 4.73. The van der Waals surface area contributed by atoms with Crippen molar-refractivity contribution in [3.63, 3.8) is 0 Å². The second kappa shape index (κ2) is 5.92. The number of hydrogen-bond acceptors (Lipinski definition) is 3. The van der Waals surface area contributed by atoms with Crippen LogP contribution < -0.4 is 5.32 Å². The minimum absolute atomic E-state index is 0.245. The summed E-state index contributed by atoms with van der Waals surface area (Å²) >= 11 is 2.02. The van der Waals surface area contributed by atoms with Crippen LogP contribution >= 0.6 is 11.8 Å². The molecule has 2 saturated heterocycles. The Morgan fingerprint density at radius 1 is 1.56 bits per heavy atom. The highest BCUT2D eigenvalue weighted by molar-refractivity contribution is 8.00. The molecule has 0 aliphatic carbocycles. The second-order valence-corrected chi connectivity index (χ2v) is 6.14. The van der Waals surface area contributed by atoms with Crippen molar-refractivity contribution in [1.29, 1.82) is 0 Å². The topological polar surface area (TPSA) is 32.3 Å². The van der Waals surface area contributed by atoms with Crippen LogP contribution in [-0.2, 0) is 4.79 Å². The lowest BCUT2D eigenvalue weighted by molar-refractivity contribution is -0.136. The predicted molar refractivity (Wildman–Crippen MR) is 68.7 cm³/mol. The summed E-state index contributed by atoms with van der Waals surface area (Å²) in [5.74, 6) is 1.75. The van der Waals surface area contributed by atoms with Gasteiger partial charge in [0.05, 0.1) is 5.92 Å². The Kier molecular flexibility index (Phi) is 4.53. The number of carbonyl (C=O) groups is 1. The number of amides is 1. The summed E-state index contributed by atoms with van der Waals surface area (Å²) in [7, 11) is 0. The van der Waals surface area contributed by atoms with E-state index in [2.05, 4.69) is 17.1 Å². The molecule has 0 aromatic rings. The lowest BCUT2D eigenvalue weighted by Gasteiger charge is -2.35. The van der Waals surface area contributed by atoms with Crippen LogP contribution in [0.15, 0.2) is 0 Å². The molecule has 2 aliphatic heterocycles. The van der Waals surface area contributed by atoms with E-state index < -0.39 is 0 Å². The molecule has 0 bridgehead atoms. The Bertz CT molecular complexity index is 241. The summed E-state index contributed by atoms with van der Waals surface area (Å²) in [5.41, 5.74) is 0. The van der Waals surface area contributed by atoms with Gasteiger partial charge in [-0.05, 0) is 25.8 Å². The van der Waals surface area contributed by atoms with Crippen molar-refractivity contribution >= 4 is 17.7 Å². The monoisotopic (exact) mass is 242 g/mol. The van der Waals surface area contributed by atoms with E-state index in [1.807, 2.05) is 11.8 Å². The number of thioether (sulfide) groups is 1. The minimum Gasteiger partial charge on any atom is -0.340 e. The largest absolute Gasteiger partial charge is 0.340 e. The van der Waals surface area contributed by atoms with Gasteiger partial charge in [-0.1, -0.05) is 6.92 Å². The lowest BCUT2D eigenvalue weighted by atomic mass is 9.98. The van der Waals surface area contributed by atoms with Crippen molar-refractivity contribution in [3.8, 4) is 0 Å². The van der Waals surface area contributed by atoms with Crippen molar-refractivity contribution < 1.29 is 4.79 Å². The Balaban J connectivity index is 1.87. The fourth-order valence-electron chi connectivity index (χ4n) is 2.49. The average Bonchev–Trinajstić information content (AvgIpc) is 2.39. The van der Waals surface area contributed by atoms with Gasteiger partial charge in [-0.3, -0.25) is 4.79 Å². The molecule has 1 amide bonds. The summed E-state index contributed by atoms with van der Waals surface area (Å²) < 4.78 is 0. The third-order valence-electron chi connectivity index (χ3n) is 3.55. The van der Waals surface area contributed by atoms with Crippen LogP contribution in [0, 0.1) is 5.92 Å². The van der Waals surface area contributed by atoms with Crippen LogP contribution in [0.1, 0.15) is 26.2 Å². The molecule has 92 valence electrons. The number of nitrogens with one attached hydrogen (secondary N) is 1. The van der Waals surface area contributed by atoms with Crippen LogP contribution in [0.25, 0.3) is 0 Å². The summed E-state index contributed by atoms with van der Waals surface area (Å²) in [5, 5.41) is 3.99. The SMILES string of the molecule is CCC1CN(C(=O)[C@@H]2CCCNC2)CCS1. The van der Waals surface area contributed by atoms with Crippen molar-refractivity contribution in [3.05, 3.63) is 0 Å². The summed E-state index contributed by atoms with van der Waals surface area (Å²) in [4.78, 5) is 14.4. The van der Waals surface area contributed by atoms with E-state index >= 15 is 0 Å². The molecule has 0 aromatic carbocycles. The molecule has 16 heavy (non-hydrogen) atoms. The number of hydrogen-bond donors (Lipinski definition) is 1. The van der Waals surface area contributed by atoms with E-state index in [1.165, 1.54) is 6.42 Å². The van der Waals surface area contributed by atoms with Gasteiger partial charge in [0.2, 0.25) is 5.91 Å². The number of nitrogens with zero attached hydrogens (tertiary/aromatic N) is 1. The van der Waals surface area contributed by atoms with Crippen LogP contribution in [-0.4, -0.2) is 48.0 Å². The van der Waals surface area contributed by atoms with Gasteiger partial charge >= 0.3 is 0 Å². The zero-order valence-corrected chi connectivity index (χ0v) is 10.9. The van der Waals surface area contributed by atoms with Crippen LogP contribution in [0.3, 0.4) is 0 Å². The number of piperidine rings is 1. The van der Waals surface area contributed by atoms with Gasteiger partial charge in [-0.25, -0.2) is 0 Å². The molecule has 2 rings (SSSR count). The van der Waals surface area contributed by atoms with Crippen molar-refractivity contribution in [2.24, 2.45) is 5.92 Å². The van der Waals surface area contributed by atoms with Gasteiger partial charge < -0.3 is 10.2 Å². The first-order valence-corrected chi connectivity index (χ1v) is 7.47. The molecule has 2 aliphatic rings. The van der Waals surface area contributed by atoms with Crippen LogP contribution in [0.5, 0.6) is 0 Å². The zero-order valence-electron chi connectivity index (χ0n) is 10.1. The highest BCUT2D eigenvalue weighted by Crippen LogP contribution is 2.23. The Hall–Kier alpha value is -0.220. The molecular formula is C12H22N2OS. The minimum atomic E-state index is 0.245. The van der Waals surface area contributed by atoms with E-state index in [9.17, 15) is 4.79 Å². The van der Waals surface area contributed by atoms with E-state index in [1.54, 1.807) is 0 Å². The van der Waals surface area contributed by atoms with Crippen LogP contribution in [0.2, 0.25) is 0 Å². The summed E-state index contributed by atoms with van der Waals surface area (Å²) in [6, 6.07) is 0. The molecule has 4 heteroatoms. The van der Waals surface area contributed by atoms with Gasteiger partial charge in [0, 0.05) is 30.6 Å². The molecule has 1 unspecified atom stereocenters. The molecule has 2 fully saturated rings. The quantitative estimate of drug-likeness (QED) is 0.793. The highest BCUT2D eigenvalue weighted by atomic mass is 32.2. The molecular weight excluding hydrogens is 220 g/mol.